The van der Waals surface area contributed by atoms with Gasteiger partial charge in [-0.2, -0.15) is 0 Å². The molecule has 2 saturated carbocycles. The molecular formula is C45H53N7O4. The number of rotatable bonds is 9. The number of hydrogen-bond donors (Lipinski definition) is 3. The molecule has 292 valence electrons. The predicted molar refractivity (Wildman–Crippen MR) is 216 cm³/mol. The number of carbonyl (C=O) groups excluding carboxylic acids is 3. The van der Waals surface area contributed by atoms with Crippen molar-refractivity contribution in [3.05, 3.63) is 72.3 Å². The van der Waals surface area contributed by atoms with Gasteiger partial charge in [-0.3, -0.25) is 9.59 Å². The molecule has 2 aliphatic heterocycles. The maximum atomic E-state index is 14.0. The molecule has 0 radical (unpaired) electrons. The number of nitrogens with one attached hydrogen (secondary N) is 3. The topological polar surface area (TPSA) is 136 Å². The van der Waals surface area contributed by atoms with Crippen LogP contribution in [0.1, 0.15) is 108 Å². The summed E-state index contributed by atoms with van der Waals surface area (Å²) >= 11 is 0. The Morgan fingerprint density at radius 1 is 0.643 bits per heavy atom. The van der Waals surface area contributed by atoms with Crippen LogP contribution in [0, 0.1) is 17.8 Å². The molecule has 56 heavy (non-hydrogen) atoms. The zero-order valence-corrected chi connectivity index (χ0v) is 32.6. The first-order valence-electron chi connectivity index (χ1n) is 20.9. The van der Waals surface area contributed by atoms with Gasteiger partial charge in [0.25, 0.3) is 0 Å². The number of H-pyrrole nitrogens is 2. The first kappa shape index (κ1) is 36.4. The predicted octanol–water partition coefficient (Wildman–Crippen LogP) is 8.84. The number of aromatic nitrogens is 4. The van der Waals surface area contributed by atoms with E-state index < -0.39 is 12.1 Å². The van der Waals surface area contributed by atoms with Gasteiger partial charge in [-0.05, 0) is 110 Å². The molecule has 0 unspecified atom stereocenters. The smallest absolute Gasteiger partial charge is 0.407 e. The van der Waals surface area contributed by atoms with Gasteiger partial charge >= 0.3 is 6.09 Å². The Bertz CT molecular complexity index is 2230. The van der Waals surface area contributed by atoms with Gasteiger partial charge in [0, 0.05) is 19.0 Å². The molecule has 4 heterocycles. The number of imidazole rings is 2. The second-order valence-electron chi connectivity index (χ2n) is 16.7. The molecule has 11 heteroatoms. The second-order valence-corrected chi connectivity index (χ2v) is 16.7. The van der Waals surface area contributed by atoms with Crippen LogP contribution < -0.4 is 5.32 Å². The number of amides is 3. The van der Waals surface area contributed by atoms with Crippen LogP contribution in [0.4, 0.5) is 4.79 Å². The fraction of sp³-hybridized carbons (Fsp3) is 0.489. The summed E-state index contributed by atoms with van der Waals surface area (Å²) in [5.41, 5.74) is 8.05. The lowest BCUT2D eigenvalue weighted by Gasteiger charge is -2.31. The van der Waals surface area contributed by atoms with Gasteiger partial charge in [0.15, 0.2) is 0 Å². The van der Waals surface area contributed by atoms with E-state index in [2.05, 4.69) is 87.8 Å². The number of likely N-dealkylation sites (tertiary alicyclic amines) is 2. The highest BCUT2D eigenvalue weighted by atomic mass is 16.5. The molecule has 4 atom stereocenters. The van der Waals surface area contributed by atoms with Crippen molar-refractivity contribution in [2.75, 3.05) is 20.2 Å². The first-order valence-corrected chi connectivity index (χ1v) is 20.9. The fourth-order valence-corrected chi connectivity index (χ4v) is 10.2. The number of nitrogens with zero attached hydrogens (tertiary/aromatic N) is 4. The van der Waals surface area contributed by atoms with Gasteiger partial charge in [-0.25, -0.2) is 14.8 Å². The maximum absolute atomic E-state index is 14.0. The monoisotopic (exact) mass is 755 g/mol. The number of ether oxygens (including phenoxy) is 1. The van der Waals surface area contributed by atoms with Crippen molar-refractivity contribution >= 4 is 40.0 Å². The molecule has 3 aromatic carbocycles. The zero-order chi connectivity index (χ0) is 38.3. The van der Waals surface area contributed by atoms with Crippen LogP contribution in [0.5, 0.6) is 0 Å². The molecule has 4 aliphatic rings. The van der Waals surface area contributed by atoms with Crippen molar-refractivity contribution < 1.29 is 19.1 Å². The average molecular weight is 756 g/mol. The summed E-state index contributed by atoms with van der Waals surface area (Å²) in [5.74, 6) is 2.63. The molecule has 11 nitrogen and oxygen atoms in total. The quantitative estimate of drug-likeness (QED) is 0.138. The van der Waals surface area contributed by atoms with Crippen molar-refractivity contribution in [2.45, 2.75) is 102 Å². The number of alkyl carbamates (subject to hydrolysis) is 1. The molecule has 2 aliphatic carbocycles. The Labute approximate surface area is 328 Å². The highest BCUT2D eigenvalue weighted by molar-refractivity contribution is 5.88. The minimum Gasteiger partial charge on any atom is -0.453 e. The molecule has 4 fully saturated rings. The van der Waals surface area contributed by atoms with Crippen molar-refractivity contribution in [1.29, 1.82) is 0 Å². The van der Waals surface area contributed by atoms with Gasteiger partial charge in [0.1, 0.15) is 17.7 Å². The minimum atomic E-state index is -0.585. The number of benzene rings is 3. The van der Waals surface area contributed by atoms with Crippen molar-refractivity contribution in [1.82, 2.24) is 35.1 Å². The Kier molecular flexibility index (Phi) is 10.0. The van der Waals surface area contributed by atoms with Crippen LogP contribution in [0.25, 0.3) is 44.3 Å². The Morgan fingerprint density at radius 2 is 1.11 bits per heavy atom. The first-order chi connectivity index (χ1) is 27.3. The number of methoxy groups -OCH3 is 1. The van der Waals surface area contributed by atoms with Crippen molar-refractivity contribution in [2.24, 2.45) is 17.8 Å². The second kappa shape index (κ2) is 15.4. The van der Waals surface area contributed by atoms with E-state index >= 15 is 0 Å². The van der Waals surface area contributed by atoms with Crippen LogP contribution in [-0.2, 0) is 14.3 Å². The van der Waals surface area contributed by atoms with Gasteiger partial charge in [-0.15, -0.1) is 0 Å². The number of hydrogen-bond acceptors (Lipinski definition) is 6. The van der Waals surface area contributed by atoms with Crippen LogP contribution in [0.2, 0.25) is 0 Å². The summed E-state index contributed by atoms with van der Waals surface area (Å²) in [7, 11) is 1.34. The standard InChI is InChI=1S/C45H53N7O4/c1-27(28-9-3-4-10-28)43(53)51-23-7-13-38(51)41-46-34-21-19-32(25-36(34)48-41)29-15-17-30(18-16-29)33-20-22-35-37(26-33)49-42(47-35)39-14-8-24-52(39)44(54)40(50-45(55)56-2)31-11-5-6-12-31/h15-22,25-28,31,38-40H,3-14,23-24H2,1-2H3,(H,46,48)(H,47,49)(H,50,55)/t27-,38-,39-,40-/m0/s1. The van der Waals surface area contributed by atoms with E-state index in [1.165, 1.54) is 32.8 Å². The Hall–Kier alpha value is -5.19. The molecular weight excluding hydrogens is 703 g/mol. The SMILES string of the molecule is COC(=O)N[C@H](C(=O)N1CCC[C@H]1c1nc2cc(-c3ccc(-c4ccc5[nH]c([C@@H]6CCCN6C(=O)[C@@H](C)C6CCCC6)nc5c4)cc3)ccc2[nH]1)C1CCCC1. The lowest BCUT2D eigenvalue weighted by atomic mass is 9.91. The van der Waals surface area contributed by atoms with E-state index in [0.29, 0.717) is 18.4 Å². The summed E-state index contributed by atoms with van der Waals surface area (Å²) in [6.45, 7) is 3.58. The van der Waals surface area contributed by atoms with Crippen LogP contribution in [0.15, 0.2) is 60.7 Å². The minimum absolute atomic E-state index is 0.00767. The van der Waals surface area contributed by atoms with Crippen LogP contribution in [-0.4, -0.2) is 73.9 Å². The molecule has 3 N–H and O–H groups in total. The summed E-state index contributed by atoms with van der Waals surface area (Å²) < 4.78 is 4.89. The molecule has 0 spiro atoms. The average Bonchev–Trinajstić information content (AvgIpc) is 4.08. The van der Waals surface area contributed by atoms with E-state index in [1.54, 1.807) is 0 Å². The molecule has 0 bridgehead atoms. The highest BCUT2D eigenvalue weighted by Gasteiger charge is 2.41. The maximum Gasteiger partial charge on any atom is 0.407 e. The summed E-state index contributed by atoms with van der Waals surface area (Å²) in [5, 5.41) is 2.86. The molecule has 5 aromatic rings. The van der Waals surface area contributed by atoms with E-state index in [4.69, 9.17) is 14.7 Å². The summed E-state index contributed by atoms with van der Waals surface area (Å²) in [6.07, 6.45) is 11.9. The van der Waals surface area contributed by atoms with Crippen LogP contribution in [0.3, 0.4) is 0 Å². The van der Waals surface area contributed by atoms with Gasteiger partial charge in [-0.1, -0.05) is 69.0 Å². The van der Waals surface area contributed by atoms with Gasteiger partial charge < -0.3 is 29.8 Å². The van der Waals surface area contributed by atoms with Crippen molar-refractivity contribution in [3.63, 3.8) is 0 Å². The lowest BCUT2D eigenvalue weighted by molar-refractivity contribution is -0.138. The number of fused-ring (bicyclic) bond motifs is 2. The Balaban J connectivity index is 0.900. The zero-order valence-electron chi connectivity index (χ0n) is 32.6. The van der Waals surface area contributed by atoms with Crippen LogP contribution >= 0.6 is 0 Å². The third kappa shape index (κ3) is 6.94. The normalized spacial score (nSPS) is 21.7. The number of carbonyl (C=O) groups is 3. The third-order valence-electron chi connectivity index (χ3n) is 13.3. The van der Waals surface area contributed by atoms with E-state index in [-0.39, 0.29) is 29.8 Å². The lowest BCUT2D eigenvalue weighted by Crippen LogP contribution is -2.51. The van der Waals surface area contributed by atoms with E-state index in [9.17, 15) is 14.4 Å². The molecule has 9 rings (SSSR count). The van der Waals surface area contributed by atoms with E-state index in [1.807, 2.05) is 4.90 Å². The van der Waals surface area contributed by atoms with Crippen molar-refractivity contribution in [3.8, 4) is 22.3 Å². The molecule has 2 aromatic heterocycles. The summed E-state index contributed by atoms with van der Waals surface area (Å²) in [4.78, 5) is 60.9. The third-order valence-corrected chi connectivity index (χ3v) is 13.3. The number of aromatic amines is 2. The fourth-order valence-electron chi connectivity index (χ4n) is 10.2. The largest absolute Gasteiger partial charge is 0.453 e. The highest BCUT2D eigenvalue weighted by Crippen LogP contribution is 2.39. The van der Waals surface area contributed by atoms with Gasteiger partial charge in [0.2, 0.25) is 11.8 Å². The summed E-state index contributed by atoms with van der Waals surface area (Å²) in [6, 6.07) is 20.5. The molecule has 2 saturated heterocycles. The molecule has 3 amide bonds. The van der Waals surface area contributed by atoms with Gasteiger partial charge in [0.05, 0.1) is 41.3 Å². The Morgan fingerprint density at radius 3 is 1.61 bits per heavy atom. The van der Waals surface area contributed by atoms with E-state index in [0.717, 1.165) is 114 Å².